The Labute approximate surface area is 102 Å². The van der Waals surface area contributed by atoms with Crippen molar-refractivity contribution in [2.45, 2.75) is 13.8 Å². The molecule has 0 aliphatic heterocycles. The first-order chi connectivity index (χ1) is 7.91. The maximum absolute atomic E-state index is 12.0. The maximum atomic E-state index is 12.0. The molecular weight excluding hydrogens is 242 g/mol. The molecule has 0 saturated carbocycles. The SMILES string of the molecule is Cc1cc2c(=O)c(C)c(C(=O)O)[nH]c2cc1Cl. The van der Waals surface area contributed by atoms with E-state index >= 15 is 0 Å². The van der Waals surface area contributed by atoms with E-state index in [9.17, 15) is 9.59 Å². The monoisotopic (exact) mass is 251 g/mol. The van der Waals surface area contributed by atoms with Crippen LogP contribution in [0.1, 0.15) is 21.6 Å². The van der Waals surface area contributed by atoms with Crippen molar-refractivity contribution in [3.63, 3.8) is 0 Å². The van der Waals surface area contributed by atoms with E-state index in [1.165, 1.54) is 6.92 Å². The number of carbonyl (C=O) groups is 1. The zero-order valence-electron chi connectivity index (χ0n) is 9.30. The van der Waals surface area contributed by atoms with E-state index in [1.54, 1.807) is 19.1 Å². The van der Waals surface area contributed by atoms with Crippen LogP contribution in [0.2, 0.25) is 5.02 Å². The smallest absolute Gasteiger partial charge is 0.352 e. The summed E-state index contributed by atoms with van der Waals surface area (Å²) in [6.07, 6.45) is 0. The Morgan fingerprint density at radius 3 is 2.59 bits per heavy atom. The van der Waals surface area contributed by atoms with E-state index < -0.39 is 5.97 Å². The van der Waals surface area contributed by atoms with Gasteiger partial charge in [0.1, 0.15) is 5.69 Å². The van der Waals surface area contributed by atoms with Crippen LogP contribution in [0.5, 0.6) is 0 Å². The van der Waals surface area contributed by atoms with Gasteiger partial charge in [-0.2, -0.15) is 0 Å². The van der Waals surface area contributed by atoms with Crippen molar-refractivity contribution in [3.8, 4) is 0 Å². The highest BCUT2D eigenvalue weighted by Gasteiger charge is 2.14. The van der Waals surface area contributed by atoms with Crippen LogP contribution in [-0.2, 0) is 0 Å². The maximum Gasteiger partial charge on any atom is 0.352 e. The van der Waals surface area contributed by atoms with Gasteiger partial charge in [0, 0.05) is 16.0 Å². The third kappa shape index (κ3) is 1.80. The second-order valence-corrected chi connectivity index (χ2v) is 4.31. The average Bonchev–Trinajstić information content (AvgIpc) is 2.26. The van der Waals surface area contributed by atoms with Crippen LogP contribution in [0.25, 0.3) is 10.9 Å². The minimum Gasteiger partial charge on any atom is -0.477 e. The lowest BCUT2D eigenvalue weighted by Crippen LogP contribution is -2.15. The number of carboxylic acids is 1. The van der Waals surface area contributed by atoms with E-state index in [4.69, 9.17) is 16.7 Å². The van der Waals surface area contributed by atoms with Crippen LogP contribution in [0.15, 0.2) is 16.9 Å². The fourth-order valence-corrected chi connectivity index (χ4v) is 1.89. The third-order valence-electron chi connectivity index (χ3n) is 2.73. The van der Waals surface area contributed by atoms with Crippen LogP contribution in [-0.4, -0.2) is 16.1 Å². The van der Waals surface area contributed by atoms with E-state index in [2.05, 4.69) is 4.98 Å². The molecule has 0 atom stereocenters. The van der Waals surface area contributed by atoms with Crippen molar-refractivity contribution in [2.75, 3.05) is 0 Å². The second-order valence-electron chi connectivity index (χ2n) is 3.91. The predicted molar refractivity (Wildman–Crippen MR) is 66.0 cm³/mol. The number of aromatic nitrogens is 1. The minimum atomic E-state index is -1.15. The van der Waals surface area contributed by atoms with E-state index in [1.807, 2.05) is 0 Å². The summed E-state index contributed by atoms with van der Waals surface area (Å²) < 4.78 is 0. The molecule has 0 fully saturated rings. The Balaban J connectivity index is 2.96. The summed E-state index contributed by atoms with van der Waals surface area (Å²) in [5.41, 5.74) is 1.05. The van der Waals surface area contributed by atoms with Crippen molar-refractivity contribution in [3.05, 3.63) is 44.2 Å². The molecule has 0 bridgehead atoms. The van der Waals surface area contributed by atoms with Crippen molar-refractivity contribution in [1.29, 1.82) is 0 Å². The van der Waals surface area contributed by atoms with Crippen LogP contribution < -0.4 is 5.43 Å². The first kappa shape index (κ1) is 11.7. The van der Waals surface area contributed by atoms with Gasteiger partial charge in [-0.05, 0) is 31.5 Å². The topological polar surface area (TPSA) is 70.2 Å². The lowest BCUT2D eigenvalue weighted by molar-refractivity contribution is 0.0690. The first-order valence-corrected chi connectivity index (χ1v) is 5.35. The van der Waals surface area contributed by atoms with Crippen molar-refractivity contribution >= 4 is 28.5 Å². The summed E-state index contributed by atoms with van der Waals surface area (Å²) in [4.78, 5) is 25.7. The normalized spacial score (nSPS) is 10.8. The second kappa shape index (κ2) is 3.89. The molecule has 0 radical (unpaired) electrons. The van der Waals surface area contributed by atoms with E-state index in [0.717, 1.165) is 5.56 Å². The molecule has 0 spiro atoms. The number of pyridine rings is 1. The van der Waals surface area contributed by atoms with Gasteiger partial charge in [0.25, 0.3) is 0 Å². The number of nitrogens with one attached hydrogen (secondary N) is 1. The van der Waals surface area contributed by atoms with E-state index in [-0.39, 0.29) is 16.7 Å². The molecule has 0 aliphatic rings. The summed E-state index contributed by atoms with van der Waals surface area (Å²) in [5, 5.41) is 9.92. The molecule has 2 aromatic rings. The first-order valence-electron chi connectivity index (χ1n) is 4.98. The van der Waals surface area contributed by atoms with Crippen LogP contribution in [0.3, 0.4) is 0 Å². The summed E-state index contributed by atoms with van der Waals surface area (Å²) >= 11 is 5.94. The molecule has 0 aliphatic carbocycles. The predicted octanol–water partition coefficient (Wildman–Crippen LogP) is 2.50. The molecule has 2 N–H and O–H groups in total. The Bertz CT molecular complexity index is 688. The molecular formula is C12H10ClNO3. The Hall–Kier alpha value is -1.81. The summed E-state index contributed by atoms with van der Waals surface area (Å²) in [7, 11) is 0. The zero-order valence-corrected chi connectivity index (χ0v) is 10.1. The Kier molecular flexibility index (Phi) is 2.67. The number of benzene rings is 1. The molecule has 5 heteroatoms. The highest BCUT2D eigenvalue weighted by molar-refractivity contribution is 6.32. The quantitative estimate of drug-likeness (QED) is 0.818. The molecule has 17 heavy (non-hydrogen) atoms. The highest BCUT2D eigenvalue weighted by Crippen LogP contribution is 2.21. The third-order valence-corrected chi connectivity index (χ3v) is 3.14. The number of fused-ring (bicyclic) bond motifs is 1. The van der Waals surface area contributed by atoms with Gasteiger partial charge in [-0.1, -0.05) is 11.6 Å². The fraction of sp³-hybridized carbons (Fsp3) is 0.167. The number of H-pyrrole nitrogens is 1. The highest BCUT2D eigenvalue weighted by atomic mass is 35.5. The van der Waals surface area contributed by atoms with Gasteiger partial charge in [-0.15, -0.1) is 0 Å². The molecule has 1 aromatic heterocycles. The standard InChI is InChI=1S/C12H10ClNO3/c1-5-3-7-9(4-8(5)13)14-10(12(16)17)6(2)11(7)15/h3-4H,1-2H3,(H,14,15)(H,16,17). The number of hydrogen-bond donors (Lipinski definition) is 2. The number of hydrogen-bond acceptors (Lipinski definition) is 2. The molecule has 0 amide bonds. The molecule has 2 rings (SSSR count). The van der Waals surface area contributed by atoms with Gasteiger partial charge in [-0.3, -0.25) is 4.79 Å². The summed E-state index contributed by atoms with van der Waals surface area (Å²) in [6.45, 7) is 3.29. The van der Waals surface area contributed by atoms with Crippen molar-refractivity contribution < 1.29 is 9.90 Å². The van der Waals surface area contributed by atoms with Gasteiger partial charge in [-0.25, -0.2) is 4.79 Å². The number of rotatable bonds is 1. The van der Waals surface area contributed by atoms with Crippen LogP contribution in [0.4, 0.5) is 0 Å². The molecule has 4 nitrogen and oxygen atoms in total. The number of carboxylic acid groups (broad SMARTS) is 1. The largest absolute Gasteiger partial charge is 0.477 e. The molecule has 0 saturated heterocycles. The van der Waals surface area contributed by atoms with Crippen LogP contribution in [0, 0.1) is 13.8 Å². The molecule has 0 unspecified atom stereocenters. The lowest BCUT2D eigenvalue weighted by Gasteiger charge is -2.06. The van der Waals surface area contributed by atoms with Crippen molar-refractivity contribution in [1.82, 2.24) is 4.98 Å². The number of aromatic carboxylic acids is 1. The van der Waals surface area contributed by atoms with Crippen molar-refractivity contribution in [2.24, 2.45) is 0 Å². The molecule has 1 aromatic carbocycles. The molecule has 1 heterocycles. The van der Waals surface area contributed by atoms with Gasteiger partial charge in [0.05, 0.1) is 5.52 Å². The van der Waals surface area contributed by atoms with E-state index in [0.29, 0.717) is 15.9 Å². The van der Waals surface area contributed by atoms with Gasteiger partial charge in [0.2, 0.25) is 0 Å². The lowest BCUT2D eigenvalue weighted by atomic mass is 10.1. The minimum absolute atomic E-state index is 0.0950. The van der Waals surface area contributed by atoms with Gasteiger partial charge < -0.3 is 10.1 Å². The number of aryl methyl sites for hydroxylation is 1. The van der Waals surface area contributed by atoms with Crippen LogP contribution >= 0.6 is 11.6 Å². The zero-order chi connectivity index (χ0) is 12.7. The fourth-order valence-electron chi connectivity index (χ4n) is 1.73. The Morgan fingerprint density at radius 2 is 2.00 bits per heavy atom. The number of halogens is 1. The Morgan fingerprint density at radius 1 is 1.35 bits per heavy atom. The van der Waals surface area contributed by atoms with Gasteiger partial charge >= 0.3 is 5.97 Å². The van der Waals surface area contributed by atoms with Gasteiger partial charge in [0.15, 0.2) is 5.43 Å². The summed E-state index contributed by atoms with van der Waals surface area (Å²) in [5.74, 6) is -1.15. The average molecular weight is 252 g/mol. The number of aromatic amines is 1. The summed E-state index contributed by atoms with van der Waals surface area (Å²) in [6, 6.07) is 3.23. The molecule has 88 valence electrons.